The van der Waals surface area contributed by atoms with Crippen LogP contribution in [0.15, 0.2) is 40.9 Å². The van der Waals surface area contributed by atoms with E-state index in [-0.39, 0.29) is 5.91 Å². The summed E-state index contributed by atoms with van der Waals surface area (Å²) in [5, 5.41) is 14.9. The van der Waals surface area contributed by atoms with Crippen molar-refractivity contribution in [2.45, 2.75) is 57.0 Å². The summed E-state index contributed by atoms with van der Waals surface area (Å²) >= 11 is 3.07. The molecule has 0 saturated heterocycles. The lowest BCUT2D eigenvalue weighted by Gasteiger charge is -2.21. The normalized spacial score (nSPS) is 13.9. The maximum absolute atomic E-state index is 12.9. The molecule has 3 aromatic rings. The van der Waals surface area contributed by atoms with Gasteiger partial charge in [-0.3, -0.25) is 4.79 Å². The van der Waals surface area contributed by atoms with Gasteiger partial charge in [-0.1, -0.05) is 36.7 Å². The van der Waals surface area contributed by atoms with E-state index >= 15 is 0 Å². The quantitative estimate of drug-likeness (QED) is 0.366. The van der Waals surface area contributed by atoms with Gasteiger partial charge in [-0.25, -0.2) is 4.68 Å². The van der Waals surface area contributed by atoms with Crippen LogP contribution in [-0.2, 0) is 17.9 Å². The molecule has 4 rings (SSSR count). The molecule has 1 amide bonds. The Morgan fingerprint density at radius 3 is 2.85 bits per heavy atom. The molecule has 0 radical (unpaired) electrons. The summed E-state index contributed by atoms with van der Waals surface area (Å²) in [4.78, 5) is 15.9. The van der Waals surface area contributed by atoms with Crippen molar-refractivity contribution < 1.29 is 14.3 Å². The Balaban J connectivity index is 1.35. The number of benzene rings is 1. The number of hydrogen-bond acceptors (Lipinski definition) is 8. The zero-order valence-corrected chi connectivity index (χ0v) is 20.6. The number of rotatable bonds is 11. The molecule has 33 heavy (non-hydrogen) atoms. The minimum absolute atomic E-state index is 0.0560. The van der Waals surface area contributed by atoms with Gasteiger partial charge in [0.25, 0.3) is 0 Å². The van der Waals surface area contributed by atoms with Crippen LogP contribution >= 0.6 is 23.1 Å². The smallest absolute Gasteiger partial charge is 0.233 e. The predicted octanol–water partition coefficient (Wildman–Crippen LogP) is 4.58. The first-order valence-corrected chi connectivity index (χ1v) is 13.0. The van der Waals surface area contributed by atoms with Gasteiger partial charge in [0.05, 0.1) is 18.9 Å². The summed E-state index contributed by atoms with van der Waals surface area (Å²) in [5.74, 6) is 1.72. The van der Waals surface area contributed by atoms with Gasteiger partial charge in [0.1, 0.15) is 6.61 Å². The molecule has 0 spiro atoms. The third-order valence-electron chi connectivity index (χ3n) is 5.74. The third-order valence-corrected chi connectivity index (χ3v) is 7.51. The van der Waals surface area contributed by atoms with E-state index in [2.05, 4.69) is 15.5 Å². The first-order valence-electron chi connectivity index (χ1n) is 11.2. The second-order valence-electron chi connectivity index (χ2n) is 7.89. The number of amides is 1. The van der Waals surface area contributed by atoms with Crippen LogP contribution in [0.1, 0.15) is 49.1 Å². The van der Waals surface area contributed by atoms with Crippen LogP contribution in [0.5, 0.6) is 11.5 Å². The summed E-state index contributed by atoms with van der Waals surface area (Å²) in [6.07, 6.45) is 4.61. The monoisotopic (exact) mass is 487 g/mol. The highest BCUT2D eigenvalue weighted by Gasteiger charge is 2.23. The number of aromatic nitrogens is 4. The number of thiophene rings is 1. The molecule has 0 atom stereocenters. The molecular formula is C23H29N5O3S2. The Morgan fingerprint density at radius 2 is 2.12 bits per heavy atom. The van der Waals surface area contributed by atoms with Gasteiger partial charge in [-0.05, 0) is 59.3 Å². The largest absolute Gasteiger partial charge is 0.493 e. The minimum atomic E-state index is 0.0560. The lowest BCUT2D eigenvalue weighted by atomic mass is 10.2. The molecule has 1 fully saturated rings. The Morgan fingerprint density at radius 1 is 1.27 bits per heavy atom. The fourth-order valence-electron chi connectivity index (χ4n) is 3.95. The number of carbonyl (C=O) groups is 1. The molecule has 10 heteroatoms. The average Bonchev–Trinajstić information content (AvgIpc) is 3.62. The van der Waals surface area contributed by atoms with E-state index in [9.17, 15) is 4.79 Å². The first kappa shape index (κ1) is 23.6. The Kier molecular flexibility index (Phi) is 8.22. The maximum Gasteiger partial charge on any atom is 0.233 e. The number of ether oxygens (including phenoxy) is 2. The van der Waals surface area contributed by atoms with Crippen LogP contribution in [0.4, 0.5) is 0 Å². The molecule has 0 bridgehead atoms. The molecule has 1 aliphatic carbocycles. The zero-order valence-electron chi connectivity index (χ0n) is 19.0. The van der Waals surface area contributed by atoms with Crippen LogP contribution < -0.4 is 9.47 Å². The molecule has 176 valence electrons. The standard InChI is InChI=1S/C23H29N5O3S2/c1-3-27(22(29)16-33-23-24-25-26-28(23)18-7-4-5-8-18)14-17-10-11-20(21(13-17)30-2)31-15-19-9-6-12-32-19/h6,9-13,18H,3-5,7-8,14-16H2,1-2H3. The van der Waals surface area contributed by atoms with Gasteiger partial charge in [-0.2, -0.15) is 0 Å². The van der Waals surface area contributed by atoms with E-state index in [1.807, 2.05) is 52.2 Å². The van der Waals surface area contributed by atoms with E-state index in [0.29, 0.717) is 43.0 Å². The Hall–Kier alpha value is -2.59. The number of methoxy groups -OCH3 is 1. The lowest BCUT2D eigenvalue weighted by molar-refractivity contribution is -0.128. The SMILES string of the molecule is CCN(Cc1ccc(OCc2cccs2)c(OC)c1)C(=O)CSc1nnnn1C1CCCC1. The van der Waals surface area contributed by atoms with Crippen molar-refractivity contribution in [1.29, 1.82) is 0 Å². The van der Waals surface area contributed by atoms with Gasteiger partial charge in [0, 0.05) is 18.0 Å². The van der Waals surface area contributed by atoms with Gasteiger partial charge in [-0.15, -0.1) is 16.4 Å². The van der Waals surface area contributed by atoms with E-state index in [0.717, 1.165) is 28.4 Å². The zero-order chi connectivity index (χ0) is 23.0. The summed E-state index contributed by atoms with van der Waals surface area (Å²) in [7, 11) is 1.63. The molecule has 2 heterocycles. The summed E-state index contributed by atoms with van der Waals surface area (Å²) in [5.41, 5.74) is 0.992. The van der Waals surface area contributed by atoms with Gasteiger partial charge < -0.3 is 14.4 Å². The third kappa shape index (κ3) is 6.05. The number of tetrazole rings is 1. The molecule has 1 aromatic carbocycles. The minimum Gasteiger partial charge on any atom is -0.493 e. The van der Waals surface area contributed by atoms with Crippen LogP contribution in [-0.4, -0.2) is 50.4 Å². The molecule has 8 nitrogen and oxygen atoms in total. The average molecular weight is 488 g/mol. The molecule has 2 aromatic heterocycles. The summed E-state index contributed by atoms with van der Waals surface area (Å²) in [6.45, 7) is 3.61. The maximum atomic E-state index is 12.9. The second-order valence-corrected chi connectivity index (χ2v) is 9.87. The topological polar surface area (TPSA) is 82.4 Å². The van der Waals surface area contributed by atoms with Gasteiger partial charge >= 0.3 is 0 Å². The van der Waals surface area contributed by atoms with Gasteiger partial charge in [0.15, 0.2) is 11.5 Å². The number of carbonyl (C=O) groups excluding carboxylic acids is 1. The highest BCUT2D eigenvalue weighted by Crippen LogP contribution is 2.32. The van der Waals surface area contributed by atoms with Crippen molar-refractivity contribution >= 4 is 29.0 Å². The van der Waals surface area contributed by atoms with E-state index in [1.54, 1.807) is 18.4 Å². The summed E-state index contributed by atoms with van der Waals surface area (Å²) in [6, 6.07) is 10.2. The van der Waals surface area contributed by atoms with Crippen LogP contribution in [0, 0.1) is 0 Å². The molecule has 0 N–H and O–H groups in total. The lowest BCUT2D eigenvalue weighted by Crippen LogP contribution is -2.31. The number of thioether (sulfide) groups is 1. The fourth-order valence-corrected chi connectivity index (χ4v) is 5.41. The molecule has 0 unspecified atom stereocenters. The van der Waals surface area contributed by atoms with Crippen molar-refractivity contribution in [2.24, 2.45) is 0 Å². The summed E-state index contributed by atoms with van der Waals surface area (Å²) < 4.78 is 13.3. The number of nitrogens with zero attached hydrogens (tertiary/aromatic N) is 5. The van der Waals surface area contributed by atoms with Crippen molar-refractivity contribution in [3.8, 4) is 11.5 Å². The fraction of sp³-hybridized carbons (Fsp3) is 0.478. The van der Waals surface area contributed by atoms with E-state index in [4.69, 9.17) is 9.47 Å². The molecule has 1 aliphatic rings. The van der Waals surface area contributed by atoms with Crippen LogP contribution in [0.2, 0.25) is 0 Å². The predicted molar refractivity (Wildman–Crippen MR) is 129 cm³/mol. The molecule has 1 saturated carbocycles. The molecular weight excluding hydrogens is 458 g/mol. The molecule has 0 aliphatic heterocycles. The van der Waals surface area contributed by atoms with Crippen LogP contribution in [0.25, 0.3) is 0 Å². The van der Waals surface area contributed by atoms with Crippen molar-refractivity contribution in [3.05, 3.63) is 46.2 Å². The Bertz CT molecular complexity index is 1030. The van der Waals surface area contributed by atoms with E-state index < -0.39 is 0 Å². The second kappa shape index (κ2) is 11.5. The first-order chi connectivity index (χ1) is 16.2. The van der Waals surface area contributed by atoms with E-state index in [1.165, 1.54) is 24.6 Å². The van der Waals surface area contributed by atoms with Crippen molar-refractivity contribution in [3.63, 3.8) is 0 Å². The van der Waals surface area contributed by atoms with Crippen molar-refractivity contribution in [2.75, 3.05) is 19.4 Å². The van der Waals surface area contributed by atoms with Crippen molar-refractivity contribution in [1.82, 2.24) is 25.1 Å². The highest BCUT2D eigenvalue weighted by atomic mass is 32.2. The Labute approximate surface area is 202 Å². The number of hydrogen-bond donors (Lipinski definition) is 0. The van der Waals surface area contributed by atoms with Gasteiger partial charge in [0.2, 0.25) is 11.1 Å². The van der Waals surface area contributed by atoms with Crippen LogP contribution in [0.3, 0.4) is 0 Å². The highest BCUT2D eigenvalue weighted by molar-refractivity contribution is 7.99.